The summed E-state index contributed by atoms with van der Waals surface area (Å²) >= 11 is 0. The number of halogens is 3. The number of imidazole rings is 1. The lowest BCUT2D eigenvalue weighted by Crippen LogP contribution is -2.45. The summed E-state index contributed by atoms with van der Waals surface area (Å²) in [6, 6.07) is 9.17. The van der Waals surface area contributed by atoms with Crippen molar-refractivity contribution in [2.75, 3.05) is 13.1 Å². The Labute approximate surface area is 255 Å². The first kappa shape index (κ1) is 30.0. The predicted octanol–water partition coefficient (Wildman–Crippen LogP) is 6.01. The van der Waals surface area contributed by atoms with Gasteiger partial charge in [-0.25, -0.2) is 14.0 Å². The van der Waals surface area contributed by atoms with E-state index >= 15 is 4.39 Å². The first-order valence-electron chi connectivity index (χ1n) is 14.4. The van der Waals surface area contributed by atoms with Crippen molar-refractivity contribution in [2.45, 2.75) is 58.2 Å². The summed E-state index contributed by atoms with van der Waals surface area (Å²) in [6.07, 6.45) is 2.42. The summed E-state index contributed by atoms with van der Waals surface area (Å²) in [4.78, 5) is 37.1. The third-order valence-corrected chi connectivity index (χ3v) is 7.46. The van der Waals surface area contributed by atoms with Gasteiger partial charge in [0.1, 0.15) is 11.4 Å². The number of fused-ring (bicyclic) bond motifs is 1. The van der Waals surface area contributed by atoms with Crippen LogP contribution in [0.15, 0.2) is 64.2 Å². The van der Waals surface area contributed by atoms with Crippen LogP contribution in [0.2, 0.25) is 0 Å². The Kier molecular flexibility index (Phi) is 7.89. The van der Waals surface area contributed by atoms with Crippen molar-refractivity contribution in [1.82, 2.24) is 34.2 Å². The van der Waals surface area contributed by atoms with E-state index in [4.69, 9.17) is 9.15 Å². The molecule has 5 aromatic rings. The lowest BCUT2D eigenvalue weighted by atomic mass is 10.0. The van der Waals surface area contributed by atoms with E-state index in [0.717, 1.165) is 0 Å². The van der Waals surface area contributed by atoms with Gasteiger partial charge in [0.25, 0.3) is 5.89 Å². The van der Waals surface area contributed by atoms with Crippen LogP contribution in [0.4, 0.5) is 18.0 Å². The lowest BCUT2D eigenvalue weighted by molar-refractivity contribution is 0.0172. The molecule has 45 heavy (non-hydrogen) atoms. The normalized spacial score (nSPS) is 15.6. The molecule has 0 aliphatic carbocycles. The number of piperidine rings is 1. The second-order valence-corrected chi connectivity index (χ2v) is 11.8. The van der Waals surface area contributed by atoms with Crippen LogP contribution >= 0.6 is 0 Å². The molecule has 1 atom stereocenters. The summed E-state index contributed by atoms with van der Waals surface area (Å²) in [5.74, 6) is -1.45. The minimum absolute atomic E-state index is 0.0110. The molecule has 0 bridgehead atoms. The zero-order chi connectivity index (χ0) is 31.9. The molecule has 11 nitrogen and oxygen atoms in total. The third kappa shape index (κ3) is 6.17. The van der Waals surface area contributed by atoms with Crippen molar-refractivity contribution in [3.8, 4) is 22.6 Å². The molecule has 1 aromatic carbocycles. The second-order valence-electron chi connectivity index (χ2n) is 11.8. The molecule has 234 valence electrons. The molecular weight excluding hydrogens is 591 g/mol. The van der Waals surface area contributed by atoms with Crippen molar-refractivity contribution in [1.29, 1.82) is 0 Å². The predicted molar refractivity (Wildman–Crippen MR) is 157 cm³/mol. The number of benzene rings is 1. The van der Waals surface area contributed by atoms with Crippen molar-refractivity contribution < 1.29 is 27.1 Å². The van der Waals surface area contributed by atoms with E-state index in [1.54, 1.807) is 73.0 Å². The molecule has 14 heteroatoms. The highest BCUT2D eigenvalue weighted by Gasteiger charge is 2.31. The van der Waals surface area contributed by atoms with Gasteiger partial charge in [0.05, 0.1) is 34.9 Å². The summed E-state index contributed by atoms with van der Waals surface area (Å²) < 4.78 is 55.0. The maximum atomic E-state index is 15.6. The number of amides is 1. The minimum atomic E-state index is -2.90. The molecule has 0 unspecified atom stereocenters. The molecule has 0 spiro atoms. The molecule has 1 aliphatic heterocycles. The Morgan fingerprint density at radius 3 is 2.60 bits per heavy atom. The number of likely N-dealkylation sites (tertiary alicyclic amines) is 1. The average Bonchev–Trinajstić information content (AvgIpc) is 3.60. The van der Waals surface area contributed by atoms with Gasteiger partial charge < -0.3 is 14.1 Å². The smallest absolute Gasteiger partial charge is 0.410 e. The molecule has 1 saturated heterocycles. The summed E-state index contributed by atoms with van der Waals surface area (Å²) in [7, 11) is 0. The zero-order valence-corrected chi connectivity index (χ0v) is 24.8. The number of ether oxygens (including phenoxy) is 1. The van der Waals surface area contributed by atoms with Crippen LogP contribution in [0.25, 0.3) is 33.6 Å². The van der Waals surface area contributed by atoms with Gasteiger partial charge in [-0.05, 0) is 57.9 Å². The summed E-state index contributed by atoms with van der Waals surface area (Å²) in [5.41, 5.74) is 1.39. The van der Waals surface area contributed by atoms with Gasteiger partial charge in [0.15, 0.2) is 0 Å². The molecule has 4 aromatic heterocycles. The van der Waals surface area contributed by atoms with Gasteiger partial charge in [-0.3, -0.25) is 19.1 Å². The Balaban J connectivity index is 1.39. The number of carbonyl (C=O) groups is 1. The number of nitrogens with zero attached hydrogens (tertiary/aromatic N) is 7. The van der Waals surface area contributed by atoms with Gasteiger partial charge in [0.2, 0.25) is 5.89 Å². The van der Waals surface area contributed by atoms with E-state index < -0.39 is 41.6 Å². The fourth-order valence-electron chi connectivity index (χ4n) is 5.45. The van der Waals surface area contributed by atoms with E-state index in [-0.39, 0.29) is 24.5 Å². The van der Waals surface area contributed by atoms with Crippen LogP contribution in [-0.2, 0) is 11.3 Å². The third-order valence-electron chi connectivity index (χ3n) is 7.46. The second kappa shape index (κ2) is 11.8. The van der Waals surface area contributed by atoms with Gasteiger partial charge in [0, 0.05) is 48.9 Å². The fraction of sp³-hybridized carbons (Fsp3) is 0.355. The molecule has 1 fully saturated rings. The number of carbonyl (C=O) groups excluding carboxylic acids is 1. The number of hydrogen-bond donors (Lipinski definition) is 0. The van der Waals surface area contributed by atoms with Crippen LogP contribution in [0.1, 0.15) is 57.7 Å². The number of rotatable bonds is 6. The molecule has 0 N–H and O–H groups in total. The molecule has 0 saturated carbocycles. The van der Waals surface area contributed by atoms with E-state index in [2.05, 4.69) is 20.2 Å². The highest BCUT2D eigenvalue weighted by molar-refractivity contribution is 5.83. The summed E-state index contributed by atoms with van der Waals surface area (Å²) in [5, 5.41) is 6.97. The largest absolute Gasteiger partial charge is 0.444 e. The topological polar surface area (TPSA) is 121 Å². The maximum Gasteiger partial charge on any atom is 0.410 e. The highest BCUT2D eigenvalue weighted by atomic mass is 19.3. The first-order valence-corrected chi connectivity index (χ1v) is 14.4. The van der Waals surface area contributed by atoms with Crippen LogP contribution in [0.3, 0.4) is 0 Å². The first-order chi connectivity index (χ1) is 21.5. The summed E-state index contributed by atoms with van der Waals surface area (Å²) in [6.45, 7) is 6.10. The molecule has 0 radical (unpaired) electrons. The van der Waals surface area contributed by atoms with Crippen LogP contribution < -0.4 is 5.69 Å². The lowest BCUT2D eigenvalue weighted by Gasteiger charge is -2.34. The van der Waals surface area contributed by atoms with Crippen LogP contribution in [0, 0.1) is 5.82 Å². The molecule has 5 heterocycles. The highest BCUT2D eigenvalue weighted by Crippen LogP contribution is 2.31. The minimum Gasteiger partial charge on any atom is -0.444 e. The van der Waals surface area contributed by atoms with E-state index in [0.29, 0.717) is 47.2 Å². The Morgan fingerprint density at radius 2 is 1.93 bits per heavy atom. The van der Waals surface area contributed by atoms with Gasteiger partial charge in [-0.2, -0.15) is 8.78 Å². The number of alkyl halides is 2. The fourth-order valence-corrected chi connectivity index (χ4v) is 5.45. The van der Waals surface area contributed by atoms with E-state index in [9.17, 15) is 18.4 Å². The van der Waals surface area contributed by atoms with Gasteiger partial charge in [-0.1, -0.05) is 6.07 Å². The quantitative estimate of drug-likeness (QED) is 0.226. The number of pyridine rings is 2. The van der Waals surface area contributed by atoms with E-state index in [1.165, 1.54) is 16.8 Å². The zero-order valence-electron chi connectivity index (χ0n) is 24.8. The number of hydrogen-bond acceptors (Lipinski definition) is 8. The van der Waals surface area contributed by atoms with Crippen molar-refractivity contribution in [2.24, 2.45) is 0 Å². The molecule has 1 aliphatic rings. The Hall–Kier alpha value is -5.01. The van der Waals surface area contributed by atoms with Crippen LogP contribution in [-0.4, -0.2) is 59.0 Å². The number of aromatic nitrogens is 6. The molecule has 1 amide bonds. The molecular formula is C31H30F3N7O4. The molecule has 6 rings (SSSR count). The van der Waals surface area contributed by atoms with Crippen LogP contribution in [0.5, 0.6) is 0 Å². The SMILES string of the molecule is CC(C)(C)OC(=O)N1CCC[C@H](n2c(=O)n(Cc3ccc(-c4nnc(C(F)F)o4)cn3)c3cc(F)c(-c4cccnc4)cc32)C1. The Morgan fingerprint density at radius 1 is 1.11 bits per heavy atom. The van der Waals surface area contributed by atoms with Crippen molar-refractivity contribution in [3.05, 3.63) is 82.9 Å². The van der Waals surface area contributed by atoms with Crippen molar-refractivity contribution in [3.63, 3.8) is 0 Å². The maximum absolute atomic E-state index is 15.6. The average molecular weight is 622 g/mol. The van der Waals surface area contributed by atoms with Gasteiger partial charge in [-0.15, -0.1) is 10.2 Å². The van der Waals surface area contributed by atoms with Gasteiger partial charge >= 0.3 is 18.2 Å². The Bertz CT molecular complexity index is 1900. The standard InChI is InChI=1S/C31H30F3N7O4/c1-31(2,3)45-30(43)39-11-5-7-21(17-39)41-25-12-22(18-6-4-10-35-14-18)23(32)13-24(25)40(29(41)42)16-20-9-8-19(15-36-20)27-37-38-28(44-27)26(33)34/h4,6,8-10,12-15,21,26H,5,7,11,16-17H2,1-3H3/t21-/m0/s1. The van der Waals surface area contributed by atoms with Crippen molar-refractivity contribution >= 4 is 17.1 Å². The van der Waals surface area contributed by atoms with E-state index in [1.807, 2.05) is 0 Å². The monoisotopic (exact) mass is 621 g/mol.